The van der Waals surface area contributed by atoms with E-state index in [4.69, 9.17) is 33.4 Å². The minimum absolute atomic E-state index is 0.145. The van der Waals surface area contributed by atoms with Crippen molar-refractivity contribution in [1.82, 2.24) is 0 Å². The minimum atomic E-state index is -0.536. The van der Waals surface area contributed by atoms with E-state index in [1.807, 2.05) is 0 Å². The van der Waals surface area contributed by atoms with Crippen LogP contribution in [0, 0.1) is 0 Å². The second-order valence-electron chi connectivity index (χ2n) is 3.36. The number of halogens is 2. The van der Waals surface area contributed by atoms with Gasteiger partial charge in [-0.25, -0.2) is 4.79 Å². The summed E-state index contributed by atoms with van der Waals surface area (Å²) in [5.74, 6) is -0.124. The molecule has 1 heterocycles. The van der Waals surface area contributed by atoms with Crippen LogP contribution in [-0.4, -0.2) is 13.1 Å². The number of rotatable bonds is 2. The molecular weight excluding hydrogens is 265 g/mol. The zero-order chi connectivity index (χ0) is 12.6. The Morgan fingerprint density at radius 1 is 1.47 bits per heavy atom. The number of nitrogens with two attached hydrogens (primary N) is 1. The number of carbonyl (C=O) groups is 1. The summed E-state index contributed by atoms with van der Waals surface area (Å²) in [6, 6.07) is 3.09. The average molecular weight is 274 g/mol. The van der Waals surface area contributed by atoms with E-state index >= 15 is 0 Å². The summed E-state index contributed by atoms with van der Waals surface area (Å²) in [6.07, 6.45) is 0. The Morgan fingerprint density at radius 3 is 2.76 bits per heavy atom. The lowest BCUT2D eigenvalue weighted by Gasteiger charge is -2.00. The molecule has 0 unspecified atom stereocenters. The van der Waals surface area contributed by atoms with Crippen molar-refractivity contribution in [3.05, 3.63) is 33.5 Å². The Kier molecular flexibility index (Phi) is 3.28. The molecule has 2 rings (SSSR count). The maximum Gasteiger partial charge on any atom is 0.341 e. The number of methoxy groups -OCH3 is 1. The molecule has 0 saturated carbocycles. The monoisotopic (exact) mass is 273 g/mol. The predicted molar refractivity (Wildman–Crippen MR) is 65.5 cm³/mol. The van der Waals surface area contributed by atoms with Gasteiger partial charge in [0.2, 0.25) is 0 Å². The highest BCUT2D eigenvalue weighted by Gasteiger charge is 2.19. The molecule has 0 fully saturated rings. The Labute approximate surface area is 107 Å². The van der Waals surface area contributed by atoms with Crippen molar-refractivity contribution in [3.63, 3.8) is 0 Å². The fourth-order valence-corrected chi connectivity index (χ4v) is 2.05. The molecule has 2 aromatic rings. The zero-order valence-corrected chi connectivity index (χ0v) is 10.4. The molecule has 2 N–H and O–H groups in total. The van der Waals surface area contributed by atoms with E-state index in [2.05, 4.69) is 4.74 Å². The molecule has 0 aliphatic rings. The van der Waals surface area contributed by atoms with Gasteiger partial charge in [-0.3, -0.25) is 0 Å². The van der Waals surface area contributed by atoms with Gasteiger partial charge in [-0.15, -0.1) is 0 Å². The maximum absolute atomic E-state index is 11.6. The van der Waals surface area contributed by atoms with Crippen molar-refractivity contribution < 1.29 is 13.9 Å². The highest BCUT2D eigenvalue weighted by Crippen LogP contribution is 2.34. The first-order valence-corrected chi connectivity index (χ1v) is 5.53. The van der Waals surface area contributed by atoms with Gasteiger partial charge >= 0.3 is 5.97 Å². The zero-order valence-electron chi connectivity index (χ0n) is 8.92. The van der Waals surface area contributed by atoms with E-state index in [0.717, 1.165) is 0 Å². The first kappa shape index (κ1) is 12.2. The van der Waals surface area contributed by atoms with Crippen LogP contribution >= 0.6 is 23.2 Å². The number of ether oxygens (including phenoxy) is 1. The van der Waals surface area contributed by atoms with Crippen LogP contribution in [0.25, 0.3) is 11.0 Å². The van der Waals surface area contributed by atoms with Crippen molar-refractivity contribution in [2.45, 2.75) is 6.54 Å². The van der Waals surface area contributed by atoms with Crippen LogP contribution in [0.15, 0.2) is 16.5 Å². The summed E-state index contributed by atoms with van der Waals surface area (Å²) >= 11 is 12.0. The molecule has 17 heavy (non-hydrogen) atoms. The predicted octanol–water partition coefficient (Wildman–Crippen LogP) is 2.98. The fourth-order valence-electron chi connectivity index (χ4n) is 1.58. The van der Waals surface area contributed by atoms with Gasteiger partial charge in [0.15, 0.2) is 5.58 Å². The number of benzene rings is 1. The lowest BCUT2D eigenvalue weighted by atomic mass is 10.1. The van der Waals surface area contributed by atoms with Crippen molar-refractivity contribution in [1.29, 1.82) is 0 Å². The summed E-state index contributed by atoms with van der Waals surface area (Å²) in [4.78, 5) is 11.6. The molecule has 0 aliphatic carbocycles. The molecule has 0 saturated heterocycles. The molecule has 6 heteroatoms. The van der Waals surface area contributed by atoms with Gasteiger partial charge in [0.25, 0.3) is 0 Å². The van der Waals surface area contributed by atoms with Gasteiger partial charge in [0.1, 0.15) is 11.3 Å². The SMILES string of the molecule is COC(=O)c1cc(Cl)cc2c(Cl)c(CN)oc12. The van der Waals surface area contributed by atoms with Crippen LogP contribution in [0.3, 0.4) is 0 Å². The summed E-state index contributed by atoms with van der Waals surface area (Å²) in [7, 11) is 1.28. The second kappa shape index (κ2) is 4.56. The van der Waals surface area contributed by atoms with Crippen LogP contribution < -0.4 is 5.73 Å². The van der Waals surface area contributed by atoms with E-state index in [1.54, 1.807) is 6.07 Å². The largest absolute Gasteiger partial charge is 0.465 e. The Hall–Kier alpha value is -1.23. The Morgan fingerprint density at radius 2 is 2.18 bits per heavy atom. The molecule has 1 aromatic carbocycles. The van der Waals surface area contributed by atoms with Crippen molar-refractivity contribution in [3.8, 4) is 0 Å². The van der Waals surface area contributed by atoms with Crippen molar-refractivity contribution in [2.24, 2.45) is 5.73 Å². The van der Waals surface area contributed by atoms with Crippen LogP contribution in [0.4, 0.5) is 0 Å². The fraction of sp³-hybridized carbons (Fsp3) is 0.182. The standard InChI is InChI=1S/C11H9Cl2NO3/c1-16-11(15)7-3-5(12)2-6-9(13)8(4-14)17-10(6)7/h2-3H,4,14H2,1H3. The van der Waals surface area contributed by atoms with Gasteiger partial charge in [-0.1, -0.05) is 23.2 Å². The van der Waals surface area contributed by atoms with E-state index in [0.29, 0.717) is 26.8 Å². The smallest absolute Gasteiger partial charge is 0.341 e. The van der Waals surface area contributed by atoms with Crippen LogP contribution in [0.5, 0.6) is 0 Å². The third kappa shape index (κ3) is 1.99. The molecule has 4 nitrogen and oxygen atoms in total. The third-order valence-electron chi connectivity index (χ3n) is 2.35. The quantitative estimate of drug-likeness (QED) is 0.855. The molecule has 1 aromatic heterocycles. The highest BCUT2D eigenvalue weighted by atomic mass is 35.5. The number of esters is 1. The Bertz CT molecular complexity index is 592. The van der Waals surface area contributed by atoms with Crippen molar-refractivity contribution >= 4 is 40.1 Å². The van der Waals surface area contributed by atoms with Gasteiger partial charge in [-0.05, 0) is 12.1 Å². The molecular formula is C11H9Cl2NO3. The summed E-state index contributed by atoms with van der Waals surface area (Å²) < 4.78 is 10.1. The maximum atomic E-state index is 11.6. The molecule has 90 valence electrons. The minimum Gasteiger partial charge on any atom is -0.465 e. The second-order valence-corrected chi connectivity index (χ2v) is 4.18. The average Bonchev–Trinajstić information content (AvgIpc) is 2.64. The van der Waals surface area contributed by atoms with Gasteiger partial charge in [0, 0.05) is 10.4 Å². The highest BCUT2D eigenvalue weighted by molar-refractivity contribution is 6.38. The number of fused-ring (bicyclic) bond motifs is 1. The third-order valence-corrected chi connectivity index (χ3v) is 2.98. The van der Waals surface area contributed by atoms with Crippen LogP contribution in [-0.2, 0) is 11.3 Å². The first-order chi connectivity index (χ1) is 8.08. The molecule has 0 spiro atoms. The van der Waals surface area contributed by atoms with E-state index in [9.17, 15) is 4.79 Å². The van der Waals surface area contributed by atoms with Gasteiger partial charge in [-0.2, -0.15) is 0 Å². The molecule has 0 bridgehead atoms. The lowest BCUT2D eigenvalue weighted by Crippen LogP contribution is -2.01. The van der Waals surface area contributed by atoms with Crippen LogP contribution in [0.1, 0.15) is 16.1 Å². The first-order valence-electron chi connectivity index (χ1n) is 4.77. The topological polar surface area (TPSA) is 65.5 Å². The Balaban J connectivity index is 2.80. The summed E-state index contributed by atoms with van der Waals surface area (Å²) in [6.45, 7) is 0.145. The number of hydrogen-bond donors (Lipinski definition) is 1. The summed E-state index contributed by atoms with van der Waals surface area (Å²) in [5.41, 5.74) is 6.06. The summed E-state index contributed by atoms with van der Waals surface area (Å²) in [5, 5.41) is 1.30. The van der Waals surface area contributed by atoms with E-state index in [-0.39, 0.29) is 12.1 Å². The van der Waals surface area contributed by atoms with Crippen LogP contribution in [0.2, 0.25) is 10.0 Å². The molecule has 0 aliphatic heterocycles. The normalized spacial score (nSPS) is 10.8. The van der Waals surface area contributed by atoms with E-state index < -0.39 is 5.97 Å². The lowest BCUT2D eigenvalue weighted by molar-refractivity contribution is 0.0601. The molecule has 0 atom stereocenters. The number of carbonyl (C=O) groups excluding carboxylic acids is 1. The molecule has 0 radical (unpaired) electrons. The van der Waals surface area contributed by atoms with Gasteiger partial charge in [0.05, 0.1) is 18.7 Å². The van der Waals surface area contributed by atoms with Gasteiger partial charge < -0.3 is 14.9 Å². The van der Waals surface area contributed by atoms with E-state index in [1.165, 1.54) is 13.2 Å². The number of furan rings is 1. The molecule has 0 amide bonds. The number of hydrogen-bond acceptors (Lipinski definition) is 4. The van der Waals surface area contributed by atoms with Crippen molar-refractivity contribution in [2.75, 3.05) is 7.11 Å².